The van der Waals surface area contributed by atoms with E-state index in [0.717, 1.165) is 28.0 Å². The minimum Gasteiger partial charge on any atom is -0.384 e. The first-order valence-electron chi connectivity index (χ1n) is 7.56. The summed E-state index contributed by atoms with van der Waals surface area (Å²) in [6, 6.07) is 8.69. The van der Waals surface area contributed by atoms with Gasteiger partial charge in [-0.1, -0.05) is 29.8 Å². The Balaban J connectivity index is 2.16. The number of nitrogens with zero attached hydrogens (tertiary/aromatic N) is 2. The van der Waals surface area contributed by atoms with E-state index in [-0.39, 0.29) is 0 Å². The van der Waals surface area contributed by atoms with Crippen LogP contribution in [0.5, 0.6) is 0 Å². The van der Waals surface area contributed by atoms with Crippen molar-refractivity contribution in [2.75, 3.05) is 19.5 Å². The van der Waals surface area contributed by atoms with Gasteiger partial charge in [-0.2, -0.15) is 0 Å². The number of ether oxygens (including phenoxy) is 1. The summed E-state index contributed by atoms with van der Waals surface area (Å²) in [7, 11) is 1.73. The lowest BCUT2D eigenvalue weighted by Crippen LogP contribution is -1.96. The topological polar surface area (TPSA) is 35.0 Å². The molecule has 0 fully saturated rings. The highest BCUT2D eigenvalue weighted by Gasteiger charge is 2.17. The first-order chi connectivity index (χ1) is 11.1. The molecule has 0 saturated carbocycles. The molecule has 0 aliphatic rings. The van der Waals surface area contributed by atoms with Crippen LogP contribution in [0.3, 0.4) is 0 Å². The lowest BCUT2D eigenvalue weighted by Gasteiger charge is -2.07. The van der Waals surface area contributed by atoms with Gasteiger partial charge in [-0.05, 0) is 26.3 Å². The quantitative estimate of drug-likeness (QED) is 0.370. The van der Waals surface area contributed by atoms with Gasteiger partial charge in [0.1, 0.15) is 15.7 Å². The van der Waals surface area contributed by atoms with Gasteiger partial charge in [0.2, 0.25) is 0 Å². The van der Waals surface area contributed by atoms with Gasteiger partial charge in [0.05, 0.1) is 12.0 Å². The smallest absolute Gasteiger partial charge is 0.129 e. The van der Waals surface area contributed by atoms with Crippen molar-refractivity contribution in [3.8, 4) is 11.1 Å². The summed E-state index contributed by atoms with van der Waals surface area (Å²) < 4.78 is 5.18. The highest BCUT2D eigenvalue weighted by molar-refractivity contribution is 7.99. The number of aromatic nitrogens is 2. The van der Waals surface area contributed by atoms with Crippen LogP contribution in [-0.4, -0.2) is 29.4 Å². The zero-order valence-corrected chi connectivity index (χ0v) is 15.5. The molecule has 0 amide bonds. The predicted octanol–water partition coefficient (Wildman–Crippen LogP) is 5.02. The molecule has 1 aromatic carbocycles. The average Bonchev–Trinajstić information content (AvgIpc) is 2.84. The lowest BCUT2D eigenvalue weighted by atomic mass is 10.0. The number of benzene rings is 1. The summed E-state index contributed by atoms with van der Waals surface area (Å²) in [6.45, 7) is 6.96. The molecule has 0 radical (unpaired) electrons. The van der Waals surface area contributed by atoms with Crippen LogP contribution >= 0.6 is 23.1 Å². The molecular formula is C18H20N2OS2. The van der Waals surface area contributed by atoms with E-state index < -0.39 is 0 Å². The normalized spacial score (nSPS) is 11.3. The number of methoxy groups -OCH3 is 1. The van der Waals surface area contributed by atoms with Crippen molar-refractivity contribution in [2.24, 2.45) is 0 Å². The molecule has 2 heterocycles. The van der Waals surface area contributed by atoms with Gasteiger partial charge >= 0.3 is 0 Å². The van der Waals surface area contributed by atoms with Crippen LogP contribution in [0.4, 0.5) is 0 Å². The highest BCUT2D eigenvalue weighted by Crippen LogP contribution is 2.41. The number of hydrogen-bond donors (Lipinski definition) is 0. The molecular weight excluding hydrogens is 324 g/mol. The Hall–Kier alpha value is -1.43. The van der Waals surface area contributed by atoms with Gasteiger partial charge in [-0.25, -0.2) is 9.97 Å². The van der Waals surface area contributed by atoms with Crippen LogP contribution < -0.4 is 0 Å². The molecule has 0 N–H and O–H groups in total. The first kappa shape index (κ1) is 16.4. The molecule has 2 aromatic heterocycles. The Kier molecular flexibility index (Phi) is 4.99. The van der Waals surface area contributed by atoms with Crippen molar-refractivity contribution >= 4 is 33.3 Å². The van der Waals surface area contributed by atoms with Crippen molar-refractivity contribution in [3.05, 3.63) is 40.5 Å². The molecule has 0 bridgehead atoms. The van der Waals surface area contributed by atoms with Gasteiger partial charge in [-0.15, -0.1) is 23.1 Å². The molecule has 0 atom stereocenters. The maximum Gasteiger partial charge on any atom is 0.129 e. The van der Waals surface area contributed by atoms with Crippen molar-refractivity contribution in [2.45, 2.75) is 25.8 Å². The lowest BCUT2D eigenvalue weighted by molar-refractivity contribution is 0.218. The van der Waals surface area contributed by atoms with Crippen LogP contribution in [0.25, 0.3) is 21.3 Å². The summed E-state index contributed by atoms with van der Waals surface area (Å²) in [6.07, 6.45) is 0. The number of thioether (sulfide) groups is 1. The molecule has 3 nitrogen and oxygen atoms in total. The van der Waals surface area contributed by atoms with Gasteiger partial charge in [0.15, 0.2) is 0 Å². The Morgan fingerprint density at radius 3 is 2.52 bits per heavy atom. The third-order valence-corrected chi connectivity index (χ3v) is 5.61. The van der Waals surface area contributed by atoms with Crippen LogP contribution in [0.1, 0.15) is 16.3 Å². The molecule has 3 aromatic rings. The van der Waals surface area contributed by atoms with Gasteiger partial charge in [0, 0.05) is 23.3 Å². The van der Waals surface area contributed by atoms with Gasteiger partial charge in [-0.3, -0.25) is 0 Å². The molecule has 0 unspecified atom stereocenters. The molecule has 0 saturated heterocycles. The van der Waals surface area contributed by atoms with Crippen molar-refractivity contribution in [3.63, 3.8) is 0 Å². The summed E-state index contributed by atoms with van der Waals surface area (Å²) in [4.78, 5) is 11.7. The second kappa shape index (κ2) is 6.99. The molecule has 0 spiro atoms. The van der Waals surface area contributed by atoms with Crippen LogP contribution in [-0.2, 0) is 4.74 Å². The van der Waals surface area contributed by atoms with E-state index >= 15 is 0 Å². The summed E-state index contributed by atoms with van der Waals surface area (Å²) in [5, 5.41) is 2.24. The monoisotopic (exact) mass is 344 g/mol. The molecule has 3 rings (SSSR count). The summed E-state index contributed by atoms with van der Waals surface area (Å²) >= 11 is 3.49. The maximum atomic E-state index is 5.18. The van der Waals surface area contributed by atoms with Gasteiger partial charge < -0.3 is 4.74 Å². The van der Waals surface area contributed by atoms with E-state index in [4.69, 9.17) is 9.72 Å². The van der Waals surface area contributed by atoms with E-state index in [1.807, 2.05) is 6.92 Å². The van der Waals surface area contributed by atoms with Crippen molar-refractivity contribution in [1.29, 1.82) is 0 Å². The Bertz CT molecular complexity index is 825. The number of aryl methyl sites for hydroxylation is 3. The third kappa shape index (κ3) is 3.42. The number of hydrogen-bond acceptors (Lipinski definition) is 5. The number of fused-ring (bicyclic) bond motifs is 1. The number of thiophene rings is 1. The van der Waals surface area contributed by atoms with Crippen molar-refractivity contribution < 1.29 is 4.74 Å². The van der Waals surface area contributed by atoms with E-state index in [9.17, 15) is 0 Å². The standard InChI is InChI=1S/C18H20N2OS2/c1-11-5-7-14(8-6-11)15-12(2)23-18-16(15)17(19-13(3)20-18)22-10-9-21-4/h5-8H,9-10H2,1-4H3. The highest BCUT2D eigenvalue weighted by atomic mass is 32.2. The summed E-state index contributed by atoms with van der Waals surface area (Å²) in [5.74, 6) is 1.72. The molecule has 5 heteroatoms. The molecule has 120 valence electrons. The Morgan fingerprint density at radius 2 is 1.83 bits per heavy atom. The fraction of sp³-hybridized carbons (Fsp3) is 0.333. The molecule has 0 aliphatic carbocycles. The second-order valence-electron chi connectivity index (χ2n) is 5.50. The minimum absolute atomic E-state index is 0.720. The van der Waals surface area contributed by atoms with Crippen LogP contribution in [0.15, 0.2) is 29.3 Å². The Morgan fingerprint density at radius 1 is 1.09 bits per heavy atom. The predicted molar refractivity (Wildman–Crippen MR) is 99.7 cm³/mol. The second-order valence-corrected chi connectivity index (χ2v) is 7.78. The Labute approximate surface area is 145 Å². The van der Waals surface area contributed by atoms with E-state index in [0.29, 0.717) is 0 Å². The SMILES string of the molecule is COCCSc1nc(C)nc2sc(C)c(-c3ccc(C)cc3)c12. The summed E-state index contributed by atoms with van der Waals surface area (Å²) in [5.41, 5.74) is 3.78. The van der Waals surface area contributed by atoms with Gasteiger partial charge in [0.25, 0.3) is 0 Å². The van der Waals surface area contributed by atoms with E-state index in [2.05, 4.69) is 43.1 Å². The van der Waals surface area contributed by atoms with Crippen LogP contribution in [0.2, 0.25) is 0 Å². The average molecular weight is 345 g/mol. The van der Waals surface area contributed by atoms with E-state index in [1.54, 1.807) is 30.2 Å². The van der Waals surface area contributed by atoms with Crippen molar-refractivity contribution in [1.82, 2.24) is 9.97 Å². The zero-order valence-electron chi connectivity index (χ0n) is 13.8. The number of rotatable bonds is 5. The molecule has 0 aliphatic heterocycles. The maximum absolute atomic E-state index is 5.18. The minimum atomic E-state index is 0.720. The van der Waals surface area contributed by atoms with E-state index in [1.165, 1.54) is 27.0 Å². The fourth-order valence-electron chi connectivity index (χ4n) is 2.58. The van der Waals surface area contributed by atoms with Crippen LogP contribution in [0, 0.1) is 20.8 Å². The first-order valence-corrected chi connectivity index (χ1v) is 9.37. The fourth-order valence-corrected chi connectivity index (χ4v) is 4.71. The largest absolute Gasteiger partial charge is 0.384 e. The third-order valence-electron chi connectivity index (χ3n) is 3.67. The zero-order chi connectivity index (χ0) is 16.4. The molecule has 23 heavy (non-hydrogen) atoms.